The lowest BCUT2D eigenvalue weighted by Gasteiger charge is -2.18. The third-order valence-corrected chi connectivity index (χ3v) is 4.56. The molecule has 0 bridgehead atoms. The Morgan fingerprint density at radius 2 is 1.93 bits per heavy atom. The van der Waals surface area contributed by atoms with Crippen molar-refractivity contribution in [1.82, 2.24) is 4.90 Å². The number of nitrogens with zero attached hydrogens (tertiary/aromatic N) is 2. The average Bonchev–Trinajstić information content (AvgIpc) is 2.76. The lowest BCUT2D eigenvalue weighted by Crippen LogP contribution is -2.35. The molecule has 30 heavy (non-hydrogen) atoms. The predicted molar refractivity (Wildman–Crippen MR) is 115 cm³/mol. The van der Waals surface area contributed by atoms with Gasteiger partial charge in [0.2, 0.25) is 11.8 Å². The molecule has 2 aromatic rings. The highest BCUT2D eigenvalue weighted by Gasteiger charge is 2.14. The second kappa shape index (κ2) is 11.5. The Kier molecular flexibility index (Phi) is 8.70. The summed E-state index contributed by atoms with van der Waals surface area (Å²) >= 11 is 0. The number of nitriles is 1. The monoisotopic (exact) mass is 409 g/mol. The molecule has 0 spiro atoms. The molecule has 0 saturated carbocycles. The second-order valence-electron chi connectivity index (χ2n) is 6.74. The van der Waals surface area contributed by atoms with Gasteiger partial charge < -0.3 is 19.7 Å². The zero-order valence-corrected chi connectivity index (χ0v) is 17.6. The second-order valence-corrected chi connectivity index (χ2v) is 6.74. The van der Waals surface area contributed by atoms with E-state index in [0.29, 0.717) is 30.1 Å². The average molecular weight is 409 g/mol. The quantitative estimate of drug-likeness (QED) is 0.608. The van der Waals surface area contributed by atoms with Gasteiger partial charge in [0.05, 0.1) is 31.9 Å². The molecule has 7 heteroatoms. The minimum absolute atomic E-state index is 0.0127. The minimum atomic E-state index is -0.231. The summed E-state index contributed by atoms with van der Waals surface area (Å²) in [7, 11) is 3.12. The first-order valence-electron chi connectivity index (χ1n) is 9.81. The first kappa shape index (κ1) is 22.8. The number of amides is 2. The van der Waals surface area contributed by atoms with Crippen LogP contribution in [0.25, 0.3) is 0 Å². The molecule has 0 fully saturated rings. The highest BCUT2D eigenvalue weighted by molar-refractivity contribution is 5.95. The molecule has 158 valence electrons. The van der Waals surface area contributed by atoms with Gasteiger partial charge in [0, 0.05) is 25.2 Å². The number of likely N-dealkylation sites (N-methyl/N-ethyl adjacent to an activating group) is 1. The van der Waals surface area contributed by atoms with Crippen LogP contribution in [0, 0.1) is 11.3 Å². The van der Waals surface area contributed by atoms with E-state index < -0.39 is 0 Å². The zero-order valence-electron chi connectivity index (χ0n) is 17.6. The van der Waals surface area contributed by atoms with Crippen molar-refractivity contribution in [3.05, 3.63) is 53.6 Å². The van der Waals surface area contributed by atoms with Crippen LogP contribution in [0.15, 0.2) is 42.5 Å². The maximum atomic E-state index is 12.3. The van der Waals surface area contributed by atoms with Gasteiger partial charge in [-0.3, -0.25) is 9.59 Å². The van der Waals surface area contributed by atoms with Gasteiger partial charge in [0.15, 0.2) is 11.5 Å². The van der Waals surface area contributed by atoms with Crippen molar-refractivity contribution in [3.63, 3.8) is 0 Å². The number of nitrogens with one attached hydrogen (secondary N) is 1. The molecule has 0 saturated heterocycles. The molecular formula is C23H27N3O4. The number of rotatable bonds is 10. The van der Waals surface area contributed by atoms with E-state index in [0.717, 1.165) is 17.7 Å². The molecule has 7 nitrogen and oxygen atoms in total. The van der Waals surface area contributed by atoms with Gasteiger partial charge >= 0.3 is 0 Å². The number of benzene rings is 2. The van der Waals surface area contributed by atoms with E-state index in [2.05, 4.69) is 5.32 Å². The zero-order chi connectivity index (χ0) is 21.9. The van der Waals surface area contributed by atoms with Crippen LogP contribution >= 0.6 is 0 Å². The van der Waals surface area contributed by atoms with Crippen LogP contribution in [-0.4, -0.2) is 44.0 Å². The maximum absolute atomic E-state index is 12.3. The van der Waals surface area contributed by atoms with Gasteiger partial charge in [0.25, 0.3) is 0 Å². The molecule has 0 radical (unpaired) electrons. The molecular weight excluding hydrogens is 382 g/mol. The van der Waals surface area contributed by atoms with Crippen LogP contribution in [0.3, 0.4) is 0 Å². The Hall–Kier alpha value is -3.53. The van der Waals surface area contributed by atoms with Gasteiger partial charge in [0.1, 0.15) is 0 Å². The first-order chi connectivity index (χ1) is 14.5. The number of methoxy groups -OCH3 is 1. The van der Waals surface area contributed by atoms with E-state index in [1.807, 2.05) is 37.3 Å². The largest absolute Gasteiger partial charge is 0.493 e. The van der Waals surface area contributed by atoms with Gasteiger partial charge in [-0.2, -0.15) is 5.26 Å². The minimum Gasteiger partial charge on any atom is -0.493 e. The van der Waals surface area contributed by atoms with Crippen molar-refractivity contribution in [2.45, 2.75) is 26.2 Å². The molecule has 0 unspecified atom stereocenters. The molecule has 0 heterocycles. The smallest absolute Gasteiger partial charge is 0.243 e. The molecule has 0 aliphatic carbocycles. The van der Waals surface area contributed by atoms with E-state index in [9.17, 15) is 9.59 Å². The SMILES string of the molecule is CCc1ccccc1NC(=O)CN(C)C(=O)CCCOc1ccc(C#N)cc1OC. The summed E-state index contributed by atoms with van der Waals surface area (Å²) in [4.78, 5) is 26.0. The summed E-state index contributed by atoms with van der Waals surface area (Å²) in [6, 6.07) is 14.6. The van der Waals surface area contributed by atoms with Crippen LogP contribution in [0.5, 0.6) is 11.5 Å². The summed E-state index contributed by atoms with van der Waals surface area (Å²) < 4.78 is 10.9. The van der Waals surface area contributed by atoms with Gasteiger partial charge in [-0.1, -0.05) is 25.1 Å². The number of carbonyl (C=O) groups is 2. The summed E-state index contributed by atoms with van der Waals surface area (Å²) in [6.45, 7) is 2.33. The fourth-order valence-corrected chi connectivity index (χ4v) is 2.90. The van der Waals surface area contributed by atoms with Crippen molar-refractivity contribution < 1.29 is 19.1 Å². The van der Waals surface area contributed by atoms with Crippen LogP contribution < -0.4 is 14.8 Å². The van der Waals surface area contributed by atoms with Crippen LogP contribution in [-0.2, 0) is 16.0 Å². The standard InChI is InChI=1S/C23H27N3O4/c1-4-18-8-5-6-9-19(18)25-22(27)16-26(2)23(28)10-7-13-30-20-12-11-17(15-24)14-21(20)29-3/h5-6,8-9,11-12,14H,4,7,10,13,16H2,1-3H3,(H,25,27). The van der Waals surface area contributed by atoms with E-state index in [1.165, 1.54) is 12.0 Å². The Labute approximate surface area is 177 Å². The van der Waals surface area contributed by atoms with Crippen molar-refractivity contribution in [3.8, 4) is 17.6 Å². The van der Waals surface area contributed by atoms with Gasteiger partial charge in [-0.05, 0) is 36.6 Å². The van der Waals surface area contributed by atoms with E-state index in [4.69, 9.17) is 14.7 Å². The summed E-state index contributed by atoms with van der Waals surface area (Å²) in [5.74, 6) is 0.627. The number of ether oxygens (including phenoxy) is 2. The third-order valence-electron chi connectivity index (χ3n) is 4.56. The van der Waals surface area contributed by atoms with Crippen LogP contribution in [0.4, 0.5) is 5.69 Å². The van der Waals surface area contributed by atoms with Gasteiger partial charge in [-0.25, -0.2) is 0 Å². The lowest BCUT2D eigenvalue weighted by molar-refractivity contribution is -0.133. The molecule has 0 atom stereocenters. The number of para-hydroxylation sites is 1. The van der Waals surface area contributed by atoms with E-state index in [1.54, 1.807) is 25.2 Å². The van der Waals surface area contributed by atoms with Crippen molar-refractivity contribution in [1.29, 1.82) is 5.26 Å². The Morgan fingerprint density at radius 3 is 2.63 bits per heavy atom. The number of carbonyl (C=O) groups excluding carboxylic acids is 2. The third kappa shape index (κ3) is 6.52. The van der Waals surface area contributed by atoms with Crippen LogP contribution in [0.2, 0.25) is 0 Å². The Bertz CT molecular complexity index is 921. The highest BCUT2D eigenvalue weighted by atomic mass is 16.5. The topological polar surface area (TPSA) is 91.7 Å². The summed E-state index contributed by atoms with van der Waals surface area (Å²) in [6.07, 6.45) is 1.57. The fourth-order valence-electron chi connectivity index (χ4n) is 2.90. The molecule has 1 N–H and O–H groups in total. The molecule has 0 aliphatic heterocycles. The fraction of sp³-hybridized carbons (Fsp3) is 0.348. The Balaban J connectivity index is 1.77. The molecule has 2 rings (SSSR count). The summed E-state index contributed by atoms with van der Waals surface area (Å²) in [5.41, 5.74) is 2.31. The number of anilines is 1. The number of aryl methyl sites for hydroxylation is 1. The maximum Gasteiger partial charge on any atom is 0.243 e. The van der Waals surface area contributed by atoms with Gasteiger partial charge in [-0.15, -0.1) is 0 Å². The molecule has 2 amide bonds. The lowest BCUT2D eigenvalue weighted by atomic mass is 10.1. The van der Waals surface area contributed by atoms with Crippen molar-refractivity contribution >= 4 is 17.5 Å². The van der Waals surface area contributed by atoms with E-state index >= 15 is 0 Å². The predicted octanol–water partition coefficient (Wildman–Crippen LogP) is 3.39. The molecule has 0 aliphatic rings. The highest BCUT2D eigenvalue weighted by Crippen LogP contribution is 2.28. The van der Waals surface area contributed by atoms with Crippen molar-refractivity contribution in [2.75, 3.05) is 32.6 Å². The normalized spacial score (nSPS) is 10.1. The number of hydrogen-bond donors (Lipinski definition) is 1. The first-order valence-corrected chi connectivity index (χ1v) is 9.81. The molecule has 0 aromatic heterocycles. The summed E-state index contributed by atoms with van der Waals surface area (Å²) in [5, 5.41) is 11.8. The number of hydrogen-bond acceptors (Lipinski definition) is 5. The van der Waals surface area contributed by atoms with Crippen LogP contribution in [0.1, 0.15) is 30.9 Å². The van der Waals surface area contributed by atoms with Crippen molar-refractivity contribution in [2.24, 2.45) is 0 Å². The Morgan fingerprint density at radius 1 is 1.17 bits per heavy atom. The molecule has 2 aromatic carbocycles. The van der Waals surface area contributed by atoms with E-state index in [-0.39, 0.29) is 24.8 Å².